The first-order chi connectivity index (χ1) is 13.4. The highest BCUT2D eigenvalue weighted by molar-refractivity contribution is 7.99. The van der Waals surface area contributed by atoms with Crippen LogP contribution in [0.15, 0.2) is 23.2 Å². The van der Waals surface area contributed by atoms with Crippen LogP contribution in [0.5, 0.6) is 11.5 Å². The second-order valence-electron chi connectivity index (χ2n) is 7.10. The van der Waals surface area contributed by atoms with Gasteiger partial charge in [-0.25, -0.2) is 0 Å². The SMILES string of the molecule is CCN(CC)CCOc1ccc(CNC(=NC)NCC(C)(C)SC)cc1OC. The Labute approximate surface area is 175 Å². The molecule has 0 fully saturated rings. The van der Waals surface area contributed by atoms with Crippen molar-refractivity contribution in [2.75, 3.05) is 53.2 Å². The number of hydrogen-bond donors (Lipinski definition) is 2. The van der Waals surface area contributed by atoms with Crippen molar-refractivity contribution in [1.29, 1.82) is 0 Å². The van der Waals surface area contributed by atoms with Gasteiger partial charge in [-0.3, -0.25) is 4.99 Å². The normalized spacial score (nSPS) is 12.2. The summed E-state index contributed by atoms with van der Waals surface area (Å²) in [5.41, 5.74) is 1.11. The van der Waals surface area contributed by atoms with Crippen molar-refractivity contribution in [3.8, 4) is 11.5 Å². The molecule has 0 amide bonds. The minimum atomic E-state index is 0.158. The molecule has 0 aromatic heterocycles. The van der Waals surface area contributed by atoms with Gasteiger partial charge in [0.2, 0.25) is 0 Å². The van der Waals surface area contributed by atoms with E-state index in [0.717, 1.165) is 49.2 Å². The molecule has 1 aromatic rings. The van der Waals surface area contributed by atoms with Crippen molar-refractivity contribution in [3.63, 3.8) is 0 Å². The number of methoxy groups -OCH3 is 1. The van der Waals surface area contributed by atoms with Crippen LogP contribution in [0.4, 0.5) is 0 Å². The molecular weight excluding hydrogens is 372 g/mol. The zero-order valence-electron chi connectivity index (χ0n) is 18.6. The predicted molar refractivity (Wildman–Crippen MR) is 122 cm³/mol. The molecule has 0 spiro atoms. The molecule has 0 atom stereocenters. The van der Waals surface area contributed by atoms with Crippen molar-refractivity contribution in [2.45, 2.75) is 39.0 Å². The lowest BCUT2D eigenvalue weighted by molar-refractivity contribution is 0.217. The van der Waals surface area contributed by atoms with Gasteiger partial charge in [-0.1, -0.05) is 19.9 Å². The molecule has 0 heterocycles. The first kappa shape index (κ1) is 24.4. The maximum Gasteiger partial charge on any atom is 0.191 e. The third-order valence-corrected chi connectivity index (χ3v) is 5.95. The lowest BCUT2D eigenvalue weighted by Gasteiger charge is -2.23. The number of nitrogens with one attached hydrogen (secondary N) is 2. The Morgan fingerprint density at radius 2 is 1.89 bits per heavy atom. The molecular formula is C21H38N4O2S. The van der Waals surface area contributed by atoms with Gasteiger partial charge in [-0.05, 0) is 50.9 Å². The Bertz CT molecular complexity index is 604. The third kappa shape index (κ3) is 8.61. The third-order valence-electron chi connectivity index (χ3n) is 4.71. The molecule has 0 bridgehead atoms. The highest BCUT2D eigenvalue weighted by Crippen LogP contribution is 2.28. The quantitative estimate of drug-likeness (QED) is 0.408. The van der Waals surface area contributed by atoms with Crippen LogP contribution in [0, 0.1) is 0 Å². The first-order valence-electron chi connectivity index (χ1n) is 9.90. The van der Waals surface area contributed by atoms with E-state index in [0.29, 0.717) is 13.2 Å². The highest BCUT2D eigenvalue weighted by Gasteiger charge is 2.16. The molecule has 2 N–H and O–H groups in total. The number of rotatable bonds is 12. The number of ether oxygens (including phenoxy) is 2. The summed E-state index contributed by atoms with van der Waals surface area (Å²) in [4.78, 5) is 6.63. The average molecular weight is 411 g/mol. The number of aliphatic imine (C=N–C) groups is 1. The van der Waals surface area contributed by atoms with E-state index < -0.39 is 0 Å². The Morgan fingerprint density at radius 3 is 2.46 bits per heavy atom. The summed E-state index contributed by atoms with van der Waals surface area (Å²) in [6.07, 6.45) is 2.12. The van der Waals surface area contributed by atoms with Crippen molar-refractivity contribution in [1.82, 2.24) is 15.5 Å². The maximum absolute atomic E-state index is 5.93. The van der Waals surface area contributed by atoms with Gasteiger partial charge < -0.3 is 25.0 Å². The van der Waals surface area contributed by atoms with Gasteiger partial charge >= 0.3 is 0 Å². The van der Waals surface area contributed by atoms with Gasteiger partial charge in [0.25, 0.3) is 0 Å². The second kappa shape index (κ2) is 12.8. The lowest BCUT2D eigenvalue weighted by Crippen LogP contribution is -2.42. The largest absolute Gasteiger partial charge is 0.493 e. The van der Waals surface area contributed by atoms with Crippen molar-refractivity contribution in [3.05, 3.63) is 23.8 Å². The summed E-state index contributed by atoms with van der Waals surface area (Å²) in [5.74, 6) is 2.33. The van der Waals surface area contributed by atoms with E-state index >= 15 is 0 Å². The van der Waals surface area contributed by atoms with Crippen LogP contribution in [-0.4, -0.2) is 68.8 Å². The number of benzene rings is 1. The number of hydrogen-bond acceptors (Lipinski definition) is 5. The van der Waals surface area contributed by atoms with Crippen LogP contribution in [0.3, 0.4) is 0 Å². The van der Waals surface area contributed by atoms with Gasteiger partial charge in [0.15, 0.2) is 17.5 Å². The van der Waals surface area contributed by atoms with Crippen molar-refractivity contribution < 1.29 is 9.47 Å². The predicted octanol–water partition coefficient (Wildman–Crippen LogP) is 3.22. The van der Waals surface area contributed by atoms with Gasteiger partial charge in [0.1, 0.15) is 6.61 Å². The molecule has 0 saturated heterocycles. The Morgan fingerprint density at radius 1 is 1.18 bits per heavy atom. The summed E-state index contributed by atoms with van der Waals surface area (Å²) in [6, 6.07) is 6.05. The van der Waals surface area contributed by atoms with Crippen LogP contribution in [0.2, 0.25) is 0 Å². The Hall–Kier alpha value is -1.60. The van der Waals surface area contributed by atoms with Crippen molar-refractivity contribution >= 4 is 17.7 Å². The highest BCUT2D eigenvalue weighted by atomic mass is 32.2. The summed E-state index contributed by atoms with van der Waals surface area (Å²) >= 11 is 1.83. The molecule has 28 heavy (non-hydrogen) atoms. The molecule has 1 aromatic carbocycles. The molecule has 6 nitrogen and oxygen atoms in total. The zero-order chi connectivity index (χ0) is 21.0. The van der Waals surface area contributed by atoms with E-state index in [2.05, 4.69) is 60.5 Å². The molecule has 160 valence electrons. The lowest BCUT2D eigenvalue weighted by atomic mass is 10.2. The van der Waals surface area contributed by atoms with Gasteiger partial charge in [-0.2, -0.15) is 11.8 Å². The standard InChI is InChI=1S/C21H38N4O2S/c1-8-25(9-2)12-13-27-18-11-10-17(14-19(18)26-6)15-23-20(22-5)24-16-21(3,4)28-7/h10-11,14H,8-9,12-13,15-16H2,1-7H3,(H2,22,23,24). The summed E-state index contributed by atoms with van der Waals surface area (Å²) in [6.45, 7) is 13.9. The molecule has 0 radical (unpaired) electrons. The summed E-state index contributed by atoms with van der Waals surface area (Å²) in [7, 11) is 3.46. The second-order valence-corrected chi connectivity index (χ2v) is 8.62. The average Bonchev–Trinajstić information content (AvgIpc) is 2.71. The van der Waals surface area contributed by atoms with Crippen LogP contribution in [0.1, 0.15) is 33.3 Å². The Kier molecular flexibility index (Phi) is 11.2. The fraction of sp³-hybridized carbons (Fsp3) is 0.667. The molecule has 1 rings (SSSR count). The van der Waals surface area contributed by atoms with E-state index in [1.165, 1.54) is 0 Å². The molecule has 0 aliphatic carbocycles. The van der Waals surface area contributed by atoms with Crippen LogP contribution < -0.4 is 20.1 Å². The number of likely N-dealkylation sites (N-methyl/N-ethyl adjacent to an activating group) is 1. The van der Waals surface area contributed by atoms with Crippen molar-refractivity contribution in [2.24, 2.45) is 4.99 Å². The van der Waals surface area contributed by atoms with E-state index in [1.54, 1.807) is 14.2 Å². The van der Waals surface area contributed by atoms with Gasteiger partial charge in [0, 0.05) is 31.4 Å². The summed E-state index contributed by atoms with van der Waals surface area (Å²) < 4.78 is 11.6. The first-order valence-corrected chi connectivity index (χ1v) is 11.1. The molecule has 0 saturated carbocycles. The number of thioether (sulfide) groups is 1. The fourth-order valence-corrected chi connectivity index (χ4v) is 2.76. The fourth-order valence-electron chi connectivity index (χ4n) is 2.54. The van der Waals surface area contributed by atoms with E-state index in [4.69, 9.17) is 9.47 Å². The number of guanidine groups is 1. The molecule has 0 aliphatic rings. The van der Waals surface area contributed by atoms with E-state index in [1.807, 2.05) is 23.9 Å². The van der Waals surface area contributed by atoms with E-state index in [9.17, 15) is 0 Å². The van der Waals surface area contributed by atoms with E-state index in [-0.39, 0.29) is 4.75 Å². The molecule has 0 unspecified atom stereocenters. The van der Waals surface area contributed by atoms with Gasteiger partial charge in [0.05, 0.1) is 7.11 Å². The smallest absolute Gasteiger partial charge is 0.191 e. The minimum absolute atomic E-state index is 0.158. The zero-order valence-corrected chi connectivity index (χ0v) is 19.4. The number of nitrogens with zero attached hydrogens (tertiary/aromatic N) is 2. The van der Waals surface area contributed by atoms with Crippen LogP contribution >= 0.6 is 11.8 Å². The maximum atomic E-state index is 5.93. The molecule has 0 aliphatic heterocycles. The van der Waals surface area contributed by atoms with Crippen LogP contribution in [0.25, 0.3) is 0 Å². The topological polar surface area (TPSA) is 58.1 Å². The van der Waals surface area contributed by atoms with Gasteiger partial charge in [-0.15, -0.1) is 0 Å². The molecule has 7 heteroatoms. The summed E-state index contributed by atoms with van der Waals surface area (Å²) in [5, 5.41) is 6.73. The van der Waals surface area contributed by atoms with Crippen LogP contribution in [-0.2, 0) is 6.54 Å². The monoisotopic (exact) mass is 410 g/mol. The Balaban J connectivity index is 2.60. The minimum Gasteiger partial charge on any atom is -0.493 e.